The van der Waals surface area contributed by atoms with E-state index in [2.05, 4.69) is 16.4 Å². The van der Waals surface area contributed by atoms with Crippen molar-refractivity contribution in [2.45, 2.75) is 76.2 Å². The molecule has 3 heterocycles. The van der Waals surface area contributed by atoms with Crippen molar-refractivity contribution in [1.29, 1.82) is 5.26 Å². The van der Waals surface area contributed by atoms with Gasteiger partial charge in [-0.25, -0.2) is 4.98 Å². The van der Waals surface area contributed by atoms with Crippen molar-refractivity contribution in [2.24, 2.45) is 0 Å². The Morgan fingerprint density at radius 2 is 2.09 bits per heavy atom. The number of nitrogens with zero attached hydrogens (tertiary/aromatic N) is 6. The maximum absolute atomic E-state index is 10.3. The molecule has 0 radical (unpaired) electrons. The number of nitriles is 1. The molecule has 2 aliphatic rings. The van der Waals surface area contributed by atoms with Gasteiger partial charge in [-0.15, -0.1) is 5.10 Å². The Morgan fingerprint density at radius 3 is 2.76 bits per heavy atom. The number of methoxy groups -OCH3 is 1. The zero-order chi connectivity index (χ0) is 23.9. The largest absolute Gasteiger partial charge is 0.472 e. The molecule has 2 N–H and O–H groups in total. The molecule has 0 bridgehead atoms. The number of hydrogen-bond donors (Lipinski definition) is 2. The molecule has 10 heteroatoms. The van der Waals surface area contributed by atoms with E-state index < -0.39 is 5.60 Å². The molecular weight excluding hydrogens is 434 g/mol. The SMILES string of the molecule is COC[C@H](C)n1c(C#N)cc2cnc(Nc3cn(C4CCC(C)(O)CC4)nc3OC3CC3)nc21. The Hall–Kier alpha value is -3.16. The van der Waals surface area contributed by atoms with Crippen molar-refractivity contribution in [1.82, 2.24) is 24.3 Å². The lowest BCUT2D eigenvalue weighted by Crippen LogP contribution is -2.31. The molecule has 2 fully saturated rings. The van der Waals surface area contributed by atoms with Crippen molar-refractivity contribution in [3.8, 4) is 11.9 Å². The van der Waals surface area contributed by atoms with Gasteiger partial charge in [0.25, 0.3) is 5.88 Å². The second kappa shape index (κ2) is 8.89. The number of hydrogen-bond acceptors (Lipinski definition) is 8. The minimum Gasteiger partial charge on any atom is -0.472 e. The average Bonchev–Trinajstić information content (AvgIpc) is 3.42. The topological polar surface area (TPSA) is 123 Å². The van der Waals surface area contributed by atoms with Crippen LogP contribution in [0.1, 0.15) is 70.2 Å². The van der Waals surface area contributed by atoms with Gasteiger partial charge in [-0.1, -0.05) is 0 Å². The fourth-order valence-corrected chi connectivity index (χ4v) is 4.60. The summed E-state index contributed by atoms with van der Waals surface area (Å²) in [5.74, 6) is 0.956. The zero-order valence-corrected chi connectivity index (χ0v) is 19.9. The minimum absolute atomic E-state index is 0.0556. The number of nitrogens with one attached hydrogen (secondary N) is 1. The lowest BCUT2D eigenvalue weighted by Gasteiger charge is -2.32. The van der Waals surface area contributed by atoms with Gasteiger partial charge in [-0.2, -0.15) is 10.2 Å². The first-order valence-corrected chi connectivity index (χ1v) is 11.9. The molecule has 0 amide bonds. The molecule has 0 aromatic carbocycles. The number of fused-ring (bicyclic) bond motifs is 1. The lowest BCUT2D eigenvalue weighted by atomic mass is 9.84. The predicted octanol–water partition coefficient (Wildman–Crippen LogP) is 3.86. The van der Waals surface area contributed by atoms with Gasteiger partial charge in [0.1, 0.15) is 29.2 Å². The number of rotatable bonds is 8. The van der Waals surface area contributed by atoms with Crippen LogP contribution < -0.4 is 10.1 Å². The summed E-state index contributed by atoms with van der Waals surface area (Å²) in [6, 6.07) is 4.20. The quantitative estimate of drug-likeness (QED) is 0.514. The first-order valence-electron chi connectivity index (χ1n) is 11.9. The Balaban J connectivity index is 1.45. The highest BCUT2D eigenvalue weighted by Crippen LogP contribution is 2.38. The molecule has 5 rings (SSSR count). The van der Waals surface area contributed by atoms with Gasteiger partial charge in [0.05, 0.1) is 30.5 Å². The van der Waals surface area contributed by atoms with E-state index in [1.165, 1.54) is 0 Å². The third-order valence-electron chi connectivity index (χ3n) is 6.69. The molecule has 10 nitrogen and oxygen atoms in total. The molecule has 3 aromatic rings. The summed E-state index contributed by atoms with van der Waals surface area (Å²) in [5, 5.41) is 28.7. The molecule has 3 aromatic heterocycles. The highest BCUT2D eigenvalue weighted by atomic mass is 16.5. The Kier molecular flexibility index (Phi) is 5.91. The second-order valence-electron chi connectivity index (χ2n) is 9.79. The third-order valence-corrected chi connectivity index (χ3v) is 6.69. The number of aliphatic hydroxyl groups is 1. The van der Waals surface area contributed by atoms with Crippen molar-refractivity contribution < 1.29 is 14.6 Å². The van der Waals surface area contributed by atoms with E-state index in [1.807, 2.05) is 29.3 Å². The van der Waals surface area contributed by atoms with Gasteiger partial charge in [-0.05, 0) is 58.4 Å². The molecule has 0 aliphatic heterocycles. The lowest BCUT2D eigenvalue weighted by molar-refractivity contribution is 0.00839. The van der Waals surface area contributed by atoms with E-state index in [4.69, 9.17) is 19.6 Å². The molecule has 2 aliphatic carbocycles. The third kappa shape index (κ3) is 4.58. The fraction of sp³-hybridized carbons (Fsp3) is 0.583. The molecule has 180 valence electrons. The van der Waals surface area contributed by atoms with Gasteiger partial charge in [0.15, 0.2) is 0 Å². The normalized spacial score (nSPS) is 23.6. The summed E-state index contributed by atoms with van der Waals surface area (Å²) in [5.41, 5.74) is 1.31. The first-order chi connectivity index (χ1) is 16.4. The van der Waals surface area contributed by atoms with Gasteiger partial charge in [0, 0.05) is 18.7 Å². The number of aromatic nitrogens is 5. The first kappa shape index (κ1) is 22.6. The van der Waals surface area contributed by atoms with Crippen LogP contribution in [0.4, 0.5) is 11.6 Å². The second-order valence-corrected chi connectivity index (χ2v) is 9.79. The van der Waals surface area contributed by atoms with Crippen LogP contribution in [0.25, 0.3) is 11.0 Å². The summed E-state index contributed by atoms with van der Waals surface area (Å²) in [7, 11) is 1.64. The summed E-state index contributed by atoms with van der Waals surface area (Å²) in [6.45, 7) is 4.35. The summed E-state index contributed by atoms with van der Waals surface area (Å²) in [4.78, 5) is 9.20. The molecule has 0 unspecified atom stereocenters. The van der Waals surface area contributed by atoms with E-state index in [0.29, 0.717) is 35.5 Å². The van der Waals surface area contributed by atoms with Gasteiger partial charge >= 0.3 is 0 Å². The Morgan fingerprint density at radius 1 is 1.32 bits per heavy atom. The highest BCUT2D eigenvalue weighted by molar-refractivity contribution is 5.79. The van der Waals surface area contributed by atoms with Gasteiger partial charge < -0.3 is 24.5 Å². The van der Waals surface area contributed by atoms with Crippen LogP contribution in [0, 0.1) is 11.3 Å². The van der Waals surface area contributed by atoms with Gasteiger partial charge in [0.2, 0.25) is 5.95 Å². The van der Waals surface area contributed by atoms with Crippen LogP contribution >= 0.6 is 0 Å². The van der Waals surface area contributed by atoms with E-state index in [0.717, 1.165) is 43.9 Å². The monoisotopic (exact) mass is 465 g/mol. The van der Waals surface area contributed by atoms with E-state index in [1.54, 1.807) is 19.4 Å². The highest BCUT2D eigenvalue weighted by Gasteiger charge is 2.32. The van der Waals surface area contributed by atoms with E-state index in [9.17, 15) is 10.4 Å². The van der Waals surface area contributed by atoms with Crippen LogP contribution in [0.15, 0.2) is 18.5 Å². The molecule has 1 atom stereocenters. The van der Waals surface area contributed by atoms with Crippen LogP contribution in [-0.4, -0.2) is 54.8 Å². The van der Waals surface area contributed by atoms with Crippen LogP contribution in [0.2, 0.25) is 0 Å². The van der Waals surface area contributed by atoms with E-state index >= 15 is 0 Å². The maximum atomic E-state index is 10.3. The van der Waals surface area contributed by atoms with Crippen molar-refractivity contribution in [3.63, 3.8) is 0 Å². The molecular formula is C24H31N7O3. The van der Waals surface area contributed by atoms with Crippen LogP contribution in [0.5, 0.6) is 5.88 Å². The average molecular weight is 466 g/mol. The van der Waals surface area contributed by atoms with E-state index in [-0.39, 0.29) is 18.2 Å². The standard InChI is InChI=1S/C24H31N7O3/c1-15(14-33-3)31-18(11-25)10-16-12-26-23(28-21(16)31)27-20-13-30(29-22(20)34-19-4-5-19)17-6-8-24(2,32)9-7-17/h10,12-13,15,17,19,32H,4-9,14H2,1-3H3,(H,26,27,28)/t15-,17?,24?/m0/s1. The summed E-state index contributed by atoms with van der Waals surface area (Å²) in [6.07, 6.45) is 9.14. The number of ether oxygens (including phenoxy) is 2. The molecule has 34 heavy (non-hydrogen) atoms. The maximum Gasteiger partial charge on any atom is 0.257 e. The molecule has 2 saturated carbocycles. The fourth-order valence-electron chi connectivity index (χ4n) is 4.60. The summed E-state index contributed by atoms with van der Waals surface area (Å²) < 4.78 is 15.2. The van der Waals surface area contributed by atoms with Crippen molar-refractivity contribution >= 4 is 22.7 Å². The Labute approximate surface area is 198 Å². The zero-order valence-electron chi connectivity index (χ0n) is 19.9. The molecule has 0 saturated heterocycles. The van der Waals surface area contributed by atoms with Crippen molar-refractivity contribution in [2.75, 3.05) is 19.0 Å². The minimum atomic E-state index is -0.599. The van der Waals surface area contributed by atoms with Crippen LogP contribution in [0.3, 0.4) is 0 Å². The van der Waals surface area contributed by atoms with Crippen molar-refractivity contribution in [3.05, 3.63) is 24.2 Å². The number of anilines is 2. The Bertz CT molecular complexity index is 1210. The van der Waals surface area contributed by atoms with Gasteiger partial charge in [-0.3, -0.25) is 4.68 Å². The smallest absolute Gasteiger partial charge is 0.257 e. The predicted molar refractivity (Wildman–Crippen MR) is 126 cm³/mol. The van der Waals surface area contributed by atoms with Crippen LogP contribution in [-0.2, 0) is 4.74 Å². The molecule has 0 spiro atoms. The summed E-state index contributed by atoms with van der Waals surface area (Å²) >= 11 is 0.